The van der Waals surface area contributed by atoms with Crippen LogP contribution in [0.1, 0.15) is 19.4 Å². The first-order valence-electron chi connectivity index (χ1n) is 7.47. The molecule has 0 fully saturated rings. The molecule has 0 radical (unpaired) electrons. The number of aromatic nitrogens is 1. The molecular weight excluding hydrogens is 248 g/mol. The standard InChI is InChI=1S/C17H24N2O/c1-3-19(4-2)10-12-20-11-9-15-13-16-7-5-6-8-17(16)18-14-15/h5-8,13-14H,3-4,9-12H2,1-2H3. The number of hydrogen-bond acceptors (Lipinski definition) is 3. The molecule has 0 spiro atoms. The molecule has 0 amide bonds. The molecule has 1 heterocycles. The predicted octanol–water partition coefficient (Wildman–Crippen LogP) is 3.14. The van der Waals surface area contributed by atoms with Gasteiger partial charge in [-0.05, 0) is 37.2 Å². The van der Waals surface area contributed by atoms with Gasteiger partial charge in [-0.1, -0.05) is 32.0 Å². The number of benzene rings is 1. The minimum atomic E-state index is 0.765. The number of hydrogen-bond donors (Lipinski definition) is 0. The summed E-state index contributed by atoms with van der Waals surface area (Å²) in [6.07, 6.45) is 2.88. The predicted molar refractivity (Wildman–Crippen MR) is 84.1 cm³/mol. The van der Waals surface area contributed by atoms with Crippen LogP contribution in [0, 0.1) is 0 Å². The van der Waals surface area contributed by atoms with Gasteiger partial charge in [-0.3, -0.25) is 4.98 Å². The van der Waals surface area contributed by atoms with Crippen molar-refractivity contribution in [1.29, 1.82) is 0 Å². The van der Waals surface area contributed by atoms with E-state index in [0.717, 1.165) is 44.8 Å². The van der Waals surface area contributed by atoms with Crippen molar-refractivity contribution in [1.82, 2.24) is 9.88 Å². The smallest absolute Gasteiger partial charge is 0.0702 e. The molecule has 0 aliphatic carbocycles. The maximum Gasteiger partial charge on any atom is 0.0702 e. The van der Waals surface area contributed by atoms with Gasteiger partial charge in [0.1, 0.15) is 0 Å². The van der Waals surface area contributed by atoms with E-state index in [1.54, 1.807) is 0 Å². The van der Waals surface area contributed by atoms with Crippen LogP contribution in [0.2, 0.25) is 0 Å². The van der Waals surface area contributed by atoms with Gasteiger partial charge in [-0.2, -0.15) is 0 Å². The highest BCUT2D eigenvalue weighted by molar-refractivity contribution is 5.78. The van der Waals surface area contributed by atoms with Crippen molar-refractivity contribution in [2.45, 2.75) is 20.3 Å². The Bertz CT molecular complexity index is 523. The van der Waals surface area contributed by atoms with Crippen LogP contribution in [-0.4, -0.2) is 42.7 Å². The van der Waals surface area contributed by atoms with E-state index in [-0.39, 0.29) is 0 Å². The van der Waals surface area contributed by atoms with Crippen molar-refractivity contribution in [2.75, 3.05) is 32.8 Å². The first-order valence-corrected chi connectivity index (χ1v) is 7.47. The SMILES string of the molecule is CCN(CC)CCOCCc1cnc2ccccc2c1. The van der Waals surface area contributed by atoms with Crippen molar-refractivity contribution >= 4 is 10.9 Å². The first-order chi connectivity index (χ1) is 9.83. The summed E-state index contributed by atoms with van der Waals surface area (Å²) in [5.41, 5.74) is 2.30. The monoisotopic (exact) mass is 272 g/mol. The molecule has 2 aromatic rings. The van der Waals surface area contributed by atoms with Crippen molar-refractivity contribution in [3.8, 4) is 0 Å². The molecule has 0 N–H and O–H groups in total. The van der Waals surface area contributed by atoms with E-state index in [4.69, 9.17) is 4.74 Å². The lowest BCUT2D eigenvalue weighted by Crippen LogP contribution is -2.27. The van der Waals surface area contributed by atoms with E-state index >= 15 is 0 Å². The molecule has 0 aliphatic heterocycles. The Morgan fingerprint density at radius 3 is 2.70 bits per heavy atom. The van der Waals surface area contributed by atoms with Gasteiger partial charge in [-0.25, -0.2) is 0 Å². The maximum absolute atomic E-state index is 5.71. The van der Waals surface area contributed by atoms with E-state index in [0.29, 0.717) is 0 Å². The van der Waals surface area contributed by atoms with E-state index in [1.807, 2.05) is 24.4 Å². The summed E-state index contributed by atoms with van der Waals surface area (Å²) in [5.74, 6) is 0. The molecule has 1 aromatic carbocycles. The van der Waals surface area contributed by atoms with E-state index < -0.39 is 0 Å². The van der Waals surface area contributed by atoms with Crippen LogP contribution in [0.4, 0.5) is 0 Å². The molecular formula is C17H24N2O. The summed E-state index contributed by atoms with van der Waals surface area (Å²) in [4.78, 5) is 6.84. The Morgan fingerprint density at radius 2 is 1.90 bits per heavy atom. The van der Waals surface area contributed by atoms with E-state index in [9.17, 15) is 0 Å². The quantitative estimate of drug-likeness (QED) is 0.690. The van der Waals surface area contributed by atoms with Crippen molar-refractivity contribution in [3.63, 3.8) is 0 Å². The number of likely N-dealkylation sites (N-methyl/N-ethyl adjacent to an activating group) is 1. The summed E-state index contributed by atoms with van der Waals surface area (Å²) in [7, 11) is 0. The van der Waals surface area contributed by atoms with Crippen molar-refractivity contribution in [2.24, 2.45) is 0 Å². The van der Waals surface area contributed by atoms with Crippen LogP contribution in [0.15, 0.2) is 36.5 Å². The number of ether oxygens (including phenoxy) is 1. The zero-order chi connectivity index (χ0) is 14.2. The van der Waals surface area contributed by atoms with Crippen LogP contribution in [0.5, 0.6) is 0 Å². The number of pyridine rings is 1. The second-order valence-electron chi connectivity index (χ2n) is 4.93. The van der Waals surface area contributed by atoms with Gasteiger partial charge >= 0.3 is 0 Å². The van der Waals surface area contributed by atoms with Gasteiger partial charge in [0.05, 0.1) is 18.7 Å². The number of fused-ring (bicyclic) bond motifs is 1. The Balaban J connectivity index is 1.75. The molecule has 0 saturated carbocycles. The third-order valence-electron chi connectivity index (χ3n) is 3.63. The highest BCUT2D eigenvalue weighted by Gasteiger charge is 2.00. The largest absolute Gasteiger partial charge is 0.380 e. The Labute approximate surface area is 121 Å². The molecule has 1 aromatic heterocycles. The zero-order valence-electron chi connectivity index (χ0n) is 12.5. The normalized spacial score (nSPS) is 11.3. The molecule has 0 atom stereocenters. The number of para-hydroxylation sites is 1. The minimum absolute atomic E-state index is 0.765. The fourth-order valence-electron chi connectivity index (χ4n) is 2.28. The zero-order valence-corrected chi connectivity index (χ0v) is 12.5. The summed E-state index contributed by atoms with van der Waals surface area (Å²) in [6, 6.07) is 10.4. The number of rotatable bonds is 8. The Morgan fingerprint density at radius 1 is 1.10 bits per heavy atom. The molecule has 2 rings (SSSR count). The average Bonchev–Trinajstić information content (AvgIpc) is 2.51. The number of nitrogens with zero attached hydrogens (tertiary/aromatic N) is 2. The lowest BCUT2D eigenvalue weighted by Gasteiger charge is -2.17. The van der Waals surface area contributed by atoms with Gasteiger partial charge in [-0.15, -0.1) is 0 Å². The maximum atomic E-state index is 5.71. The van der Waals surface area contributed by atoms with Crippen molar-refractivity contribution in [3.05, 3.63) is 42.1 Å². The highest BCUT2D eigenvalue weighted by Crippen LogP contribution is 2.12. The van der Waals surface area contributed by atoms with Gasteiger partial charge in [0, 0.05) is 18.1 Å². The molecule has 108 valence electrons. The van der Waals surface area contributed by atoms with E-state index in [2.05, 4.69) is 35.9 Å². The molecule has 3 nitrogen and oxygen atoms in total. The molecule has 0 bridgehead atoms. The molecule has 3 heteroatoms. The van der Waals surface area contributed by atoms with Gasteiger partial charge in [0.15, 0.2) is 0 Å². The third-order valence-corrected chi connectivity index (χ3v) is 3.63. The summed E-state index contributed by atoms with van der Waals surface area (Å²) >= 11 is 0. The lowest BCUT2D eigenvalue weighted by molar-refractivity contribution is 0.109. The van der Waals surface area contributed by atoms with Crippen LogP contribution in [-0.2, 0) is 11.2 Å². The summed E-state index contributed by atoms with van der Waals surface area (Å²) in [6.45, 7) is 9.14. The van der Waals surface area contributed by atoms with Crippen LogP contribution in [0.25, 0.3) is 10.9 Å². The summed E-state index contributed by atoms with van der Waals surface area (Å²) in [5, 5.41) is 1.20. The summed E-state index contributed by atoms with van der Waals surface area (Å²) < 4.78 is 5.71. The first kappa shape index (κ1) is 14.9. The Hall–Kier alpha value is -1.45. The fraction of sp³-hybridized carbons (Fsp3) is 0.471. The Kier molecular flexibility index (Phi) is 5.96. The van der Waals surface area contributed by atoms with E-state index in [1.165, 1.54) is 10.9 Å². The fourth-order valence-corrected chi connectivity index (χ4v) is 2.28. The second kappa shape index (κ2) is 7.98. The highest BCUT2D eigenvalue weighted by atomic mass is 16.5. The minimum Gasteiger partial charge on any atom is -0.380 e. The van der Waals surface area contributed by atoms with Crippen molar-refractivity contribution < 1.29 is 4.74 Å². The van der Waals surface area contributed by atoms with Crippen LogP contribution >= 0.6 is 0 Å². The average molecular weight is 272 g/mol. The molecule has 0 saturated heterocycles. The molecule has 0 unspecified atom stereocenters. The van der Waals surface area contributed by atoms with Crippen LogP contribution in [0.3, 0.4) is 0 Å². The lowest BCUT2D eigenvalue weighted by atomic mass is 10.1. The second-order valence-corrected chi connectivity index (χ2v) is 4.93. The van der Waals surface area contributed by atoms with Gasteiger partial charge in [0.2, 0.25) is 0 Å². The van der Waals surface area contributed by atoms with Crippen LogP contribution < -0.4 is 0 Å². The third kappa shape index (κ3) is 4.29. The van der Waals surface area contributed by atoms with Gasteiger partial charge in [0.25, 0.3) is 0 Å². The molecule has 0 aliphatic rings. The topological polar surface area (TPSA) is 25.4 Å². The molecule has 20 heavy (non-hydrogen) atoms. The van der Waals surface area contributed by atoms with Gasteiger partial charge < -0.3 is 9.64 Å².